The lowest BCUT2D eigenvalue weighted by molar-refractivity contribution is -0.139. The molecule has 0 aliphatic rings. The fourth-order valence-electron chi connectivity index (χ4n) is 2.66. The third-order valence-corrected chi connectivity index (χ3v) is 7.67. The zero-order valence-electron chi connectivity index (χ0n) is 17.1. The van der Waals surface area contributed by atoms with Crippen molar-refractivity contribution >= 4 is 22.8 Å². The van der Waals surface area contributed by atoms with E-state index in [1.165, 1.54) is 0 Å². The van der Waals surface area contributed by atoms with Crippen molar-refractivity contribution in [2.24, 2.45) is 5.92 Å². The largest absolute Gasteiger partial charge is 0.520 e. The molecule has 0 aliphatic heterocycles. The van der Waals surface area contributed by atoms with Crippen LogP contribution in [0.4, 0.5) is 0 Å². The Hall–Kier alpha value is -0.216. The molecule has 0 saturated heterocycles. The molecule has 0 aliphatic carbocycles. The minimum Gasteiger partial charge on any atom is -0.520 e. The molecule has 0 spiro atoms. The van der Waals surface area contributed by atoms with E-state index in [-0.39, 0.29) is 11.9 Å². The van der Waals surface area contributed by atoms with Crippen LogP contribution < -0.4 is 0 Å². The van der Waals surface area contributed by atoms with Crippen molar-refractivity contribution in [2.45, 2.75) is 66.3 Å². The van der Waals surface area contributed by atoms with Crippen LogP contribution in [0.3, 0.4) is 0 Å². The van der Waals surface area contributed by atoms with Crippen LogP contribution in [0.5, 0.6) is 0 Å². The van der Waals surface area contributed by atoms with Crippen LogP contribution in [0.1, 0.15) is 34.1 Å². The number of nitrogens with zero attached hydrogens (tertiary/aromatic N) is 1. The first-order chi connectivity index (χ1) is 11.1. The average molecular weight is 378 g/mol. The summed E-state index contributed by atoms with van der Waals surface area (Å²) >= 11 is 0. The van der Waals surface area contributed by atoms with Gasteiger partial charge in [-0.2, -0.15) is 0 Å². The summed E-state index contributed by atoms with van der Waals surface area (Å²) in [6.45, 7) is 20.5. The van der Waals surface area contributed by atoms with Crippen LogP contribution >= 0.6 is 0 Å². The molecule has 0 aromatic rings. The van der Waals surface area contributed by atoms with Gasteiger partial charge in [-0.1, -0.05) is 13.8 Å². The molecule has 0 rings (SSSR count). The van der Waals surface area contributed by atoms with Crippen molar-refractivity contribution in [1.82, 2.24) is 4.90 Å². The molecule has 1 unspecified atom stereocenters. The molecule has 0 saturated carbocycles. The SMILES string of the molecule is CCO[Si](C)(CCCN(CC)CC(C)C(=O)O[Si](C)(C)C)OCC. The molecule has 7 heteroatoms. The standard InChI is InChI=1S/C17H39NO4Si2/c1-9-18(15-16(4)17(19)22-23(5,6)7)13-12-14-24(8,20-10-2)21-11-3/h16H,9-15H2,1-8H3. The molecule has 144 valence electrons. The quantitative estimate of drug-likeness (QED) is 0.456. The molecule has 0 fully saturated rings. The second-order valence-electron chi connectivity index (χ2n) is 7.43. The molecule has 1 atom stereocenters. The number of hydrogen-bond donors (Lipinski definition) is 0. The summed E-state index contributed by atoms with van der Waals surface area (Å²) in [5.41, 5.74) is 0. The lowest BCUT2D eigenvalue weighted by Crippen LogP contribution is -2.40. The summed E-state index contributed by atoms with van der Waals surface area (Å²) in [6, 6.07) is 0.985. The zero-order valence-corrected chi connectivity index (χ0v) is 19.1. The van der Waals surface area contributed by atoms with Crippen LogP contribution in [0.15, 0.2) is 0 Å². The highest BCUT2D eigenvalue weighted by Gasteiger charge is 2.30. The van der Waals surface area contributed by atoms with E-state index in [0.29, 0.717) is 13.2 Å². The fraction of sp³-hybridized carbons (Fsp3) is 0.941. The normalized spacial score (nSPS) is 14.0. The van der Waals surface area contributed by atoms with E-state index in [4.69, 9.17) is 13.3 Å². The summed E-state index contributed by atoms with van der Waals surface area (Å²) in [7, 11) is -3.84. The van der Waals surface area contributed by atoms with E-state index in [1.807, 2.05) is 40.4 Å². The smallest absolute Gasteiger partial charge is 0.334 e. The summed E-state index contributed by atoms with van der Waals surface area (Å²) < 4.78 is 17.4. The average Bonchev–Trinajstić information content (AvgIpc) is 2.44. The zero-order chi connectivity index (χ0) is 18.8. The van der Waals surface area contributed by atoms with Crippen LogP contribution in [0.25, 0.3) is 0 Å². The second kappa shape index (κ2) is 11.4. The first-order valence-electron chi connectivity index (χ1n) is 9.30. The predicted molar refractivity (Wildman–Crippen MR) is 105 cm³/mol. The first-order valence-corrected chi connectivity index (χ1v) is 15.2. The van der Waals surface area contributed by atoms with Gasteiger partial charge in [-0.3, -0.25) is 4.79 Å². The van der Waals surface area contributed by atoms with Gasteiger partial charge in [0.15, 0.2) is 0 Å². The molecule has 0 aromatic heterocycles. The van der Waals surface area contributed by atoms with Gasteiger partial charge in [0.1, 0.15) is 0 Å². The minimum atomic E-state index is -2.04. The van der Waals surface area contributed by atoms with E-state index in [2.05, 4.69) is 18.4 Å². The number of carbonyl (C=O) groups is 1. The second-order valence-corrected chi connectivity index (χ2v) is 15.2. The molecule has 0 amide bonds. The van der Waals surface area contributed by atoms with Gasteiger partial charge in [0.25, 0.3) is 5.97 Å². The highest BCUT2D eigenvalue weighted by molar-refractivity contribution is 6.71. The highest BCUT2D eigenvalue weighted by atomic mass is 28.4. The predicted octanol–water partition coefficient (Wildman–Crippen LogP) is 3.86. The lowest BCUT2D eigenvalue weighted by Gasteiger charge is -2.29. The van der Waals surface area contributed by atoms with E-state index in [1.54, 1.807) is 0 Å². The lowest BCUT2D eigenvalue weighted by atomic mass is 10.1. The van der Waals surface area contributed by atoms with Gasteiger partial charge in [-0.15, -0.1) is 0 Å². The monoisotopic (exact) mass is 377 g/mol. The molecular weight excluding hydrogens is 338 g/mol. The van der Waals surface area contributed by atoms with Crippen LogP contribution in [0.2, 0.25) is 32.2 Å². The van der Waals surface area contributed by atoms with Gasteiger partial charge in [-0.05, 0) is 65.6 Å². The Morgan fingerprint density at radius 1 is 1.04 bits per heavy atom. The van der Waals surface area contributed by atoms with Gasteiger partial charge < -0.3 is 18.2 Å². The summed E-state index contributed by atoms with van der Waals surface area (Å²) in [5.74, 6) is -0.144. The maximum absolute atomic E-state index is 12.2. The van der Waals surface area contributed by atoms with E-state index < -0.39 is 16.9 Å². The third kappa shape index (κ3) is 10.6. The van der Waals surface area contributed by atoms with Crippen LogP contribution in [0, 0.1) is 5.92 Å². The minimum absolute atomic E-state index is 0.0598. The van der Waals surface area contributed by atoms with Crippen molar-refractivity contribution in [3.8, 4) is 0 Å². The number of rotatable bonds is 13. The van der Waals surface area contributed by atoms with Gasteiger partial charge >= 0.3 is 8.56 Å². The molecule has 24 heavy (non-hydrogen) atoms. The van der Waals surface area contributed by atoms with Crippen LogP contribution in [-0.4, -0.2) is 60.6 Å². The maximum atomic E-state index is 12.2. The molecule has 0 bridgehead atoms. The summed E-state index contributed by atoms with van der Waals surface area (Å²) in [4.78, 5) is 14.5. The van der Waals surface area contributed by atoms with Gasteiger partial charge in [0.05, 0.1) is 5.92 Å². The molecule has 5 nitrogen and oxygen atoms in total. The van der Waals surface area contributed by atoms with Crippen molar-refractivity contribution in [3.63, 3.8) is 0 Å². The van der Waals surface area contributed by atoms with Gasteiger partial charge in [-0.25, -0.2) is 0 Å². The first kappa shape index (κ1) is 23.8. The Kier molecular flexibility index (Phi) is 11.3. The Labute approximate surface area is 151 Å². The molecule has 0 heterocycles. The van der Waals surface area contributed by atoms with Crippen molar-refractivity contribution in [3.05, 3.63) is 0 Å². The molecule has 0 radical (unpaired) electrons. The van der Waals surface area contributed by atoms with Gasteiger partial charge in [0.2, 0.25) is 8.32 Å². The van der Waals surface area contributed by atoms with E-state index in [9.17, 15) is 4.79 Å². The molecule has 0 N–H and O–H groups in total. The van der Waals surface area contributed by atoms with Gasteiger partial charge in [0, 0.05) is 19.8 Å². The summed E-state index contributed by atoms with van der Waals surface area (Å²) in [5, 5.41) is 0. The van der Waals surface area contributed by atoms with E-state index >= 15 is 0 Å². The number of hydrogen-bond acceptors (Lipinski definition) is 5. The van der Waals surface area contributed by atoms with Crippen molar-refractivity contribution in [1.29, 1.82) is 0 Å². The van der Waals surface area contributed by atoms with Crippen LogP contribution in [-0.2, 0) is 18.1 Å². The Morgan fingerprint density at radius 2 is 1.58 bits per heavy atom. The highest BCUT2D eigenvalue weighted by Crippen LogP contribution is 2.17. The van der Waals surface area contributed by atoms with Crippen molar-refractivity contribution < 1.29 is 18.1 Å². The number of carbonyl (C=O) groups excluding carboxylic acids is 1. The third-order valence-electron chi connectivity index (χ3n) is 3.79. The molecule has 0 aromatic carbocycles. The maximum Gasteiger partial charge on any atom is 0.334 e. The summed E-state index contributed by atoms with van der Waals surface area (Å²) in [6.07, 6.45) is 1.03. The fourth-order valence-corrected chi connectivity index (χ4v) is 5.86. The Bertz CT molecular complexity index is 355. The van der Waals surface area contributed by atoms with Crippen molar-refractivity contribution in [2.75, 3.05) is 32.8 Å². The Morgan fingerprint density at radius 3 is 2.00 bits per heavy atom. The molecular formula is C17H39NO4Si2. The topological polar surface area (TPSA) is 48.0 Å². The van der Waals surface area contributed by atoms with E-state index in [0.717, 1.165) is 32.1 Å². The Balaban J connectivity index is 4.38.